The highest BCUT2D eigenvalue weighted by atomic mass is 15.2. The molecule has 2 aliphatic rings. The highest BCUT2D eigenvalue weighted by Crippen LogP contribution is 2.39. The van der Waals surface area contributed by atoms with Crippen LogP contribution in [-0.2, 0) is 0 Å². The van der Waals surface area contributed by atoms with E-state index in [0.717, 1.165) is 5.92 Å². The zero-order valence-corrected chi connectivity index (χ0v) is 9.18. The second-order valence-corrected chi connectivity index (χ2v) is 5.78. The lowest BCUT2D eigenvalue weighted by atomic mass is 9.72. The van der Waals surface area contributed by atoms with Crippen molar-refractivity contribution in [1.82, 2.24) is 4.90 Å². The first-order valence-corrected chi connectivity index (χ1v) is 5.88. The van der Waals surface area contributed by atoms with E-state index in [1.54, 1.807) is 0 Å². The number of nitrogens with zero attached hydrogens (tertiary/aromatic N) is 1. The Morgan fingerprint density at radius 3 is 2.54 bits per heavy atom. The second-order valence-electron chi connectivity index (χ2n) is 5.78. The molecule has 1 atom stereocenters. The maximum Gasteiger partial charge on any atom is 0.000988 e. The topological polar surface area (TPSA) is 3.24 Å². The van der Waals surface area contributed by atoms with Crippen molar-refractivity contribution < 1.29 is 0 Å². The fraction of sp³-hybridized carbons (Fsp3) is 1.00. The van der Waals surface area contributed by atoms with Crippen molar-refractivity contribution in [2.45, 2.75) is 46.0 Å². The van der Waals surface area contributed by atoms with Gasteiger partial charge in [0.25, 0.3) is 0 Å². The van der Waals surface area contributed by atoms with Crippen molar-refractivity contribution >= 4 is 0 Å². The van der Waals surface area contributed by atoms with E-state index in [0.29, 0.717) is 5.41 Å². The zero-order valence-electron chi connectivity index (χ0n) is 9.18. The van der Waals surface area contributed by atoms with Crippen LogP contribution in [0.3, 0.4) is 0 Å². The molecule has 76 valence electrons. The molecule has 1 aliphatic heterocycles. The van der Waals surface area contributed by atoms with Crippen LogP contribution in [0.1, 0.15) is 46.0 Å². The van der Waals surface area contributed by atoms with Crippen molar-refractivity contribution in [2.24, 2.45) is 11.3 Å². The Hall–Kier alpha value is -0.0400. The van der Waals surface area contributed by atoms with E-state index in [1.165, 1.54) is 51.7 Å². The van der Waals surface area contributed by atoms with Crippen LogP contribution in [-0.4, -0.2) is 24.5 Å². The molecule has 1 unspecified atom stereocenters. The van der Waals surface area contributed by atoms with Crippen molar-refractivity contribution in [3.05, 3.63) is 0 Å². The predicted octanol–water partition coefficient (Wildman–Crippen LogP) is 2.91. The molecular weight excluding hydrogens is 158 g/mol. The minimum Gasteiger partial charge on any atom is -0.303 e. The van der Waals surface area contributed by atoms with Crippen LogP contribution >= 0.6 is 0 Å². The van der Waals surface area contributed by atoms with Crippen LogP contribution in [0.2, 0.25) is 0 Å². The molecule has 0 N–H and O–H groups in total. The Morgan fingerprint density at radius 2 is 2.00 bits per heavy atom. The second kappa shape index (κ2) is 3.61. The summed E-state index contributed by atoms with van der Waals surface area (Å²) < 4.78 is 0. The van der Waals surface area contributed by atoms with Crippen LogP contribution < -0.4 is 0 Å². The molecule has 0 aromatic carbocycles. The summed E-state index contributed by atoms with van der Waals surface area (Å²) in [5.41, 5.74) is 0.633. The average Bonchev–Trinajstić information content (AvgIpc) is 1.95. The molecule has 1 saturated heterocycles. The summed E-state index contributed by atoms with van der Waals surface area (Å²) in [7, 11) is 0. The van der Waals surface area contributed by atoms with E-state index in [9.17, 15) is 0 Å². The van der Waals surface area contributed by atoms with E-state index in [4.69, 9.17) is 0 Å². The van der Waals surface area contributed by atoms with Crippen molar-refractivity contribution in [3.63, 3.8) is 0 Å². The van der Waals surface area contributed by atoms with Gasteiger partial charge in [0.15, 0.2) is 0 Å². The molecule has 0 radical (unpaired) electrons. The third-order valence-corrected chi connectivity index (χ3v) is 3.77. The van der Waals surface area contributed by atoms with E-state index in [2.05, 4.69) is 18.7 Å². The van der Waals surface area contributed by atoms with Gasteiger partial charge in [0.2, 0.25) is 0 Å². The molecular formula is C12H23N. The van der Waals surface area contributed by atoms with E-state index >= 15 is 0 Å². The summed E-state index contributed by atoms with van der Waals surface area (Å²) in [5, 5.41) is 0. The van der Waals surface area contributed by atoms with Crippen LogP contribution in [0.25, 0.3) is 0 Å². The maximum absolute atomic E-state index is 2.63. The zero-order chi connectivity index (χ0) is 9.31. The van der Waals surface area contributed by atoms with Gasteiger partial charge in [-0.2, -0.15) is 0 Å². The number of hydrogen-bond acceptors (Lipinski definition) is 1. The quantitative estimate of drug-likeness (QED) is 0.633. The highest BCUT2D eigenvalue weighted by Gasteiger charge is 2.29. The number of likely N-dealkylation sites (tertiary alicyclic amines) is 1. The van der Waals surface area contributed by atoms with Gasteiger partial charge in [-0.05, 0) is 50.1 Å². The van der Waals surface area contributed by atoms with Gasteiger partial charge in [0, 0.05) is 6.54 Å². The third-order valence-electron chi connectivity index (χ3n) is 3.77. The van der Waals surface area contributed by atoms with Crippen molar-refractivity contribution in [2.75, 3.05) is 19.6 Å². The van der Waals surface area contributed by atoms with Gasteiger partial charge in [0.1, 0.15) is 0 Å². The first-order valence-electron chi connectivity index (χ1n) is 5.88. The molecule has 1 nitrogen and oxygen atoms in total. The molecule has 0 aromatic heterocycles. The molecule has 1 heteroatoms. The van der Waals surface area contributed by atoms with Crippen LogP contribution in [0.4, 0.5) is 0 Å². The standard InChI is InChI=1S/C12H23N/c1-12(2)6-3-5-11(9-12)10-13-7-4-8-13/h11H,3-10H2,1-2H3. The Bertz CT molecular complexity index is 170. The SMILES string of the molecule is CC1(C)CCCC(CN2CCC2)C1. The monoisotopic (exact) mass is 181 g/mol. The highest BCUT2D eigenvalue weighted by molar-refractivity contribution is 4.82. The van der Waals surface area contributed by atoms with Crippen molar-refractivity contribution in [3.8, 4) is 0 Å². The van der Waals surface area contributed by atoms with Gasteiger partial charge in [-0.3, -0.25) is 0 Å². The minimum atomic E-state index is 0.633. The molecule has 0 bridgehead atoms. The summed E-state index contributed by atoms with van der Waals surface area (Å²) in [6, 6.07) is 0. The molecule has 0 spiro atoms. The average molecular weight is 181 g/mol. The Balaban J connectivity index is 1.78. The molecule has 0 amide bonds. The lowest BCUT2D eigenvalue weighted by Gasteiger charge is -2.40. The molecule has 0 aromatic rings. The molecule has 1 saturated carbocycles. The van der Waals surface area contributed by atoms with Gasteiger partial charge < -0.3 is 4.90 Å². The molecule has 1 aliphatic carbocycles. The van der Waals surface area contributed by atoms with Crippen molar-refractivity contribution in [1.29, 1.82) is 0 Å². The molecule has 2 rings (SSSR count). The van der Waals surface area contributed by atoms with Crippen LogP contribution in [0.15, 0.2) is 0 Å². The Labute approximate surface area is 82.5 Å². The lowest BCUT2D eigenvalue weighted by Crippen LogP contribution is -2.42. The maximum atomic E-state index is 2.63. The van der Waals surface area contributed by atoms with E-state index < -0.39 is 0 Å². The van der Waals surface area contributed by atoms with Gasteiger partial charge >= 0.3 is 0 Å². The van der Waals surface area contributed by atoms with Gasteiger partial charge in [-0.25, -0.2) is 0 Å². The molecule has 1 heterocycles. The summed E-state index contributed by atoms with van der Waals surface area (Å²) in [6.07, 6.45) is 7.30. The van der Waals surface area contributed by atoms with Crippen LogP contribution in [0, 0.1) is 11.3 Å². The summed E-state index contributed by atoms with van der Waals surface area (Å²) >= 11 is 0. The van der Waals surface area contributed by atoms with E-state index in [-0.39, 0.29) is 0 Å². The van der Waals surface area contributed by atoms with Gasteiger partial charge in [-0.15, -0.1) is 0 Å². The normalized spacial score (nSPS) is 34.2. The summed E-state index contributed by atoms with van der Waals surface area (Å²) in [6.45, 7) is 9.02. The number of hydrogen-bond donors (Lipinski definition) is 0. The largest absolute Gasteiger partial charge is 0.303 e. The van der Waals surface area contributed by atoms with Gasteiger partial charge in [0.05, 0.1) is 0 Å². The fourth-order valence-electron chi connectivity index (χ4n) is 2.94. The number of rotatable bonds is 2. The third kappa shape index (κ3) is 2.46. The summed E-state index contributed by atoms with van der Waals surface area (Å²) in [5.74, 6) is 1.00. The fourth-order valence-corrected chi connectivity index (χ4v) is 2.94. The Kier molecular flexibility index (Phi) is 2.64. The van der Waals surface area contributed by atoms with E-state index in [1.807, 2.05) is 0 Å². The molecule has 2 fully saturated rings. The minimum absolute atomic E-state index is 0.633. The smallest absolute Gasteiger partial charge is 0.000988 e. The lowest BCUT2D eigenvalue weighted by molar-refractivity contribution is 0.0987. The first-order chi connectivity index (χ1) is 6.16. The molecule has 13 heavy (non-hydrogen) atoms. The van der Waals surface area contributed by atoms with Gasteiger partial charge in [-0.1, -0.05) is 20.3 Å². The first kappa shape index (κ1) is 9.51. The Morgan fingerprint density at radius 1 is 1.23 bits per heavy atom. The summed E-state index contributed by atoms with van der Waals surface area (Å²) in [4.78, 5) is 2.63. The predicted molar refractivity (Wildman–Crippen MR) is 56.8 cm³/mol. The van der Waals surface area contributed by atoms with Crippen LogP contribution in [0.5, 0.6) is 0 Å².